The first-order valence-electron chi connectivity index (χ1n) is 11.0. The van der Waals surface area contributed by atoms with E-state index in [0.29, 0.717) is 24.3 Å². The van der Waals surface area contributed by atoms with Gasteiger partial charge in [-0.1, -0.05) is 25.2 Å². The number of rotatable bonds is 2. The normalized spacial score (nSPS) is 38.6. The average molecular weight is 402 g/mol. The van der Waals surface area contributed by atoms with E-state index in [2.05, 4.69) is 35.5 Å². The fourth-order valence-corrected chi connectivity index (χ4v) is 6.79. The molecule has 0 radical (unpaired) electrons. The number of hydrogen-bond donors (Lipinski definition) is 1. The van der Waals surface area contributed by atoms with E-state index in [0.717, 1.165) is 37.7 Å². The highest BCUT2D eigenvalue weighted by atomic mass is 16.5. The van der Waals surface area contributed by atoms with Crippen molar-refractivity contribution in [3.63, 3.8) is 0 Å². The van der Waals surface area contributed by atoms with E-state index in [-0.39, 0.29) is 22.8 Å². The summed E-state index contributed by atoms with van der Waals surface area (Å²) in [7, 11) is 0. The minimum atomic E-state index is -0.397. The van der Waals surface area contributed by atoms with Crippen LogP contribution in [0.3, 0.4) is 0 Å². The Kier molecular flexibility index (Phi) is 3.65. The Labute approximate surface area is 176 Å². The van der Waals surface area contributed by atoms with Crippen LogP contribution in [-0.4, -0.2) is 27.9 Å². The van der Waals surface area contributed by atoms with Crippen molar-refractivity contribution in [3.8, 4) is 0 Å². The van der Waals surface area contributed by atoms with Crippen LogP contribution >= 0.6 is 0 Å². The van der Waals surface area contributed by atoms with Crippen molar-refractivity contribution in [2.24, 2.45) is 11.3 Å². The number of anilines is 1. The molecule has 2 aliphatic heterocycles. The van der Waals surface area contributed by atoms with Gasteiger partial charge in [-0.2, -0.15) is 0 Å². The van der Waals surface area contributed by atoms with Gasteiger partial charge in [0.2, 0.25) is 0 Å². The Hall–Kier alpha value is -2.53. The first-order chi connectivity index (χ1) is 14.5. The summed E-state index contributed by atoms with van der Waals surface area (Å²) in [5.41, 5.74) is 3.11. The van der Waals surface area contributed by atoms with Crippen LogP contribution in [0.15, 0.2) is 59.5 Å². The monoisotopic (exact) mass is 402 g/mol. The summed E-state index contributed by atoms with van der Waals surface area (Å²) in [4.78, 5) is 29.5. The molecule has 1 N–H and O–H groups in total. The van der Waals surface area contributed by atoms with Crippen LogP contribution in [0.1, 0.15) is 51.9 Å². The number of amides is 1. The first kappa shape index (κ1) is 18.3. The van der Waals surface area contributed by atoms with E-state index in [9.17, 15) is 9.59 Å². The number of ether oxygens (including phenoxy) is 1. The fraction of sp³-hybridized carbons (Fsp3) is 0.480. The number of nitrogens with zero attached hydrogens (tertiary/aromatic N) is 1. The van der Waals surface area contributed by atoms with E-state index in [4.69, 9.17) is 4.74 Å². The maximum absolute atomic E-state index is 13.2. The topological polar surface area (TPSA) is 68.3 Å². The molecule has 1 saturated carbocycles. The fourth-order valence-electron chi connectivity index (χ4n) is 6.79. The van der Waals surface area contributed by atoms with E-state index in [1.807, 2.05) is 12.1 Å². The molecule has 5 aliphatic rings. The first-order valence-corrected chi connectivity index (χ1v) is 11.0. The van der Waals surface area contributed by atoms with E-state index in [1.54, 1.807) is 12.4 Å². The van der Waals surface area contributed by atoms with Gasteiger partial charge in [0.1, 0.15) is 5.78 Å². The number of Topliss-reactive ketones (excluding diaryl/α,β-unsaturated/α-hetero) is 1. The quantitative estimate of drug-likeness (QED) is 0.802. The van der Waals surface area contributed by atoms with Gasteiger partial charge in [0.25, 0.3) is 5.91 Å². The number of nitrogens with one attached hydrogen (secondary N) is 1. The third-order valence-corrected chi connectivity index (χ3v) is 8.25. The van der Waals surface area contributed by atoms with Gasteiger partial charge in [-0.15, -0.1) is 0 Å². The number of pyridine rings is 1. The Balaban J connectivity index is 1.35. The molecule has 3 aliphatic carbocycles. The molecule has 4 atom stereocenters. The largest absolute Gasteiger partial charge is 0.359 e. The molecule has 30 heavy (non-hydrogen) atoms. The van der Waals surface area contributed by atoms with Crippen molar-refractivity contribution in [2.75, 3.05) is 5.32 Å². The number of fused-ring (bicyclic) bond motifs is 1. The molecular formula is C25H26N2O3. The van der Waals surface area contributed by atoms with Crippen LogP contribution in [0.4, 0.5) is 5.69 Å². The number of ketones is 1. The molecular weight excluding hydrogens is 376 g/mol. The molecule has 2 spiro atoms. The minimum absolute atomic E-state index is 0.0474. The van der Waals surface area contributed by atoms with E-state index >= 15 is 0 Å². The number of aromatic nitrogens is 1. The molecule has 154 valence electrons. The zero-order chi connectivity index (χ0) is 20.6. The molecule has 1 aromatic rings. The molecule has 5 nitrogen and oxygen atoms in total. The molecule has 0 aromatic carbocycles. The van der Waals surface area contributed by atoms with Crippen LogP contribution in [0.5, 0.6) is 0 Å². The number of carbonyl (C=O) groups excluding carboxylic acids is 2. The van der Waals surface area contributed by atoms with Crippen molar-refractivity contribution in [1.29, 1.82) is 0 Å². The minimum Gasteiger partial charge on any atom is -0.359 e. The van der Waals surface area contributed by atoms with Gasteiger partial charge >= 0.3 is 0 Å². The van der Waals surface area contributed by atoms with E-state index < -0.39 is 5.60 Å². The average Bonchev–Trinajstić information content (AvgIpc) is 3.24. The lowest BCUT2D eigenvalue weighted by Crippen LogP contribution is -2.54. The summed E-state index contributed by atoms with van der Waals surface area (Å²) < 4.78 is 6.94. The molecule has 1 aromatic heterocycles. The predicted octanol–water partition coefficient (Wildman–Crippen LogP) is 4.28. The predicted molar refractivity (Wildman–Crippen MR) is 113 cm³/mol. The summed E-state index contributed by atoms with van der Waals surface area (Å²) in [6.45, 7) is 2.21. The van der Waals surface area contributed by atoms with E-state index in [1.165, 1.54) is 11.1 Å². The van der Waals surface area contributed by atoms with Gasteiger partial charge < -0.3 is 10.1 Å². The van der Waals surface area contributed by atoms with Crippen LogP contribution in [0.25, 0.3) is 0 Å². The molecule has 2 unspecified atom stereocenters. The van der Waals surface area contributed by atoms with Crippen LogP contribution < -0.4 is 5.32 Å². The lowest BCUT2D eigenvalue weighted by molar-refractivity contribution is -0.145. The molecule has 3 heterocycles. The molecule has 2 bridgehead atoms. The number of hydrogen-bond acceptors (Lipinski definition) is 4. The number of carbonyl (C=O) groups is 2. The third kappa shape index (κ3) is 2.30. The zero-order valence-corrected chi connectivity index (χ0v) is 17.2. The molecule has 1 amide bonds. The van der Waals surface area contributed by atoms with Gasteiger partial charge in [-0.05, 0) is 55.4 Å². The second-order valence-corrected chi connectivity index (χ2v) is 9.75. The van der Waals surface area contributed by atoms with Crippen LogP contribution in [0, 0.1) is 11.3 Å². The Morgan fingerprint density at radius 2 is 2.17 bits per heavy atom. The van der Waals surface area contributed by atoms with Crippen molar-refractivity contribution in [3.05, 3.63) is 59.5 Å². The molecule has 1 saturated heterocycles. The zero-order valence-electron chi connectivity index (χ0n) is 17.2. The highest BCUT2D eigenvalue weighted by Crippen LogP contribution is 2.66. The SMILES string of the molecule is CC12CC=C3C=C4CCC(=O)C[C@]45CCC3(O5)[C@@H]1CC=C2C(=O)Nc1cccnc1. The number of allylic oxidation sites excluding steroid dienone is 2. The smallest absolute Gasteiger partial charge is 0.251 e. The van der Waals surface area contributed by atoms with Gasteiger partial charge in [-0.3, -0.25) is 14.6 Å². The highest BCUT2D eigenvalue weighted by molar-refractivity contribution is 6.05. The maximum atomic E-state index is 13.2. The third-order valence-electron chi connectivity index (χ3n) is 8.25. The van der Waals surface area contributed by atoms with Crippen molar-refractivity contribution in [2.45, 2.75) is 63.1 Å². The van der Waals surface area contributed by atoms with Gasteiger partial charge in [0, 0.05) is 35.9 Å². The summed E-state index contributed by atoms with van der Waals surface area (Å²) in [5, 5.41) is 3.02. The van der Waals surface area contributed by atoms with Crippen molar-refractivity contribution < 1.29 is 14.3 Å². The molecule has 5 heteroatoms. The maximum Gasteiger partial charge on any atom is 0.251 e. The molecule has 6 rings (SSSR count). The van der Waals surface area contributed by atoms with Crippen LogP contribution in [-0.2, 0) is 14.3 Å². The summed E-state index contributed by atoms with van der Waals surface area (Å²) in [5.74, 6) is 0.485. The highest BCUT2D eigenvalue weighted by Gasteiger charge is 2.65. The summed E-state index contributed by atoms with van der Waals surface area (Å²) in [6, 6.07) is 3.68. The van der Waals surface area contributed by atoms with Crippen molar-refractivity contribution in [1.82, 2.24) is 4.98 Å². The lowest BCUT2D eigenvalue weighted by Gasteiger charge is -2.53. The van der Waals surface area contributed by atoms with Gasteiger partial charge in [0.15, 0.2) is 0 Å². The lowest BCUT2D eigenvalue weighted by atomic mass is 9.59. The summed E-state index contributed by atoms with van der Waals surface area (Å²) in [6.07, 6.45) is 15.6. The Morgan fingerprint density at radius 3 is 3.00 bits per heavy atom. The summed E-state index contributed by atoms with van der Waals surface area (Å²) >= 11 is 0. The van der Waals surface area contributed by atoms with Crippen molar-refractivity contribution >= 4 is 17.4 Å². The second-order valence-electron chi connectivity index (χ2n) is 9.75. The molecule has 2 fully saturated rings. The van der Waals surface area contributed by atoms with Crippen LogP contribution in [0.2, 0.25) is 0 Å². The standard InChI is InChI=1S/C25H26N2O3/c1-23-9-8-17-13-16-4-5-19(28)14-24(16)10-11-25(17,30-24)21(23)7-6-20(23)22(29)27-18-3-2-12-26-15-18/h2-3,6,8,12-13,15,21H,4-5,7,9-11,14H2,1H3,(H,27,29)/t21-,23?,24-,25?/m1/s1. The van der Waals surface area contributed by atoms with Gasteiger partial charge in [-0.25, -0.2) is 0 Å². The Morgan fingerprint density at radius 1 is 1.27 bits per heavy atom. The second kappa shape index (κ2) is 6.01. The Bertz CT molecular complexity index is 1060. The van der Waals surface area contributed by atoms with Gasteiger partial charge in [0.05, 0.1) is 23.1 Å².